The Bertz CT molecular complexity index is 2170. The average molecular weight is 610 g/mol. The topological polar surface area (TPSA) is 21.3 Å². The van der Waals surface area contributed by atoms with Crippen molar-refractivity contribution in [1.29, 1.82) is 0 Å². The molecule has 0 saturated carbocycles. The lowest BCUT2D eigenvalue weighted by atomic mass is 9.63. The summed E-state index contributed by atoms with van der Waals surface area (Å²) in [4.78, 5) is 0. The Hall–Kier alpha value is -5.08. The zero-order chi connectivity index (χ0) is 32.0. The van der Waals surface area contributed by atoms with Crippen LogP contribution in [0.25, 0.3) is 22.3 Å². The van der Waals surface area contributed by atoms with Crippen molar-refractivity contribution < 1.29 is 4.74 Å². The Morgan fingerprint density at radius 2 is 1.02 bits per heavy atom. The van der Waals surface area contributed by atoms with Crippen LogP contribution in [0.2, 0.25) is 0 Å². The van der Waals surface area contributed by atoms with Crippen LogP contribution in [0.3, 0.4) is 0 Å². The smallest absolute Gasteiger partial charge is 0.134 e. The third-order valence-corrected chi connectivity index (χ3v) is 11.2. The van der Waals surface area contributed by atoms with E-state index >= 15 is 0 Å². The molecule has 1 aliphatic heterocycles. The molecule has 0 aromatic heterocycles. The van der Waals surface area contributed by atoms with Crippen molar-refractivity contribution in [1.82, 2.24) is 0 Å². The number of hydrogen-bond donors (Lipinski definition) is 1. The molecule has 2 nitrogen and oxygen atoms in total. The van der Waals surface area contributed by atoms with Crippen molar-refractivity contribution in [3.05, 3.63) is 167 Å². The molecular weight excluding hydrogens is 571 g/mol. The van der Waals surface area contributed by atoms with Gasteiger partial charge >= 0.3 is 0 Å². The highest BCUT2D eigenvalue weighted by Crippen LogP contribution is 2.62. The van der Waals surface area contributed by atoms with Crippen molar-refractivity contribution >= 4 is 11.4 Å². The van der Waals surface area contributed by atoms with E-state index in [-0.39, 0.29) is 10.8 Å². The van der Waals surface area contributed by atoms with Crippen molar-refractivity contribution in [2.24, 2.45) is 0 Å². The molecule has 1 heterocycles. The van der Waals surface area contributed by atoms with Crippen LogP contribution in [0.1, 0.15) is 73.9 Å². The van der Waals surface area contributed by atoms with Crippen LogP contribution >= 0.6 is 0 Å². The number of anilines is 2. The van der Waals surface area contributed by atoms with Gasteiger partial charge in [-0.2, -0.15) is 0 Å². The third kappa shape index (κ3) is 4.10. The van der Waals surface area contributed by atoms with Gasteiger partial charge in [-0.05, 0) is 92.4 Å². The van der Waals surface area contributed by atoms with E-state index in [1.165, 1.54) is 68.5 Å². The molecule has 0 amide bonds. The van der Waals surface area contributed by atoms with Gasteiger partial charge in [0, 0.05) is 28.6 Å². The molecule has 6 aromatic carbocycles. The summed E-state index contributed by atoms with van der Waals surface area (Å²) in [5.41, 5.74) is 15.0. The largest absolute Gasteiger partial charge is 0.457 e. The van der Waals surface area contributed by atoms with Gasteiger partial charge in [-0.3, -0.25) is 0 Å². The van der Waals surface area contributed by atoms with Crippen LogP contribution in [0.4, 0.5) is 11.4 Å². The van der Waals surface area contributed by atoms with Crippen LogP contribution < -0.4 is 10.1 Å². The van der Waals surface area contributed by atoms with Gasteiger partial charge in [0.05, 0.1) is 5.41 Å². The fraction of sp³-hybridized carbons (Fsp3) is 0.200. The summed E-state index contributed by atoms with van der Waals surface area (Å²) in [5, 5.41) is 3.72. The lowest BCUT2D eigenvalue weighted by Gasteiger charge is -2.42. The molecule has 1 spiro atoms. The Morgan fingerprint density at radius 3 is 1.77 bits per heavy atom. The van der Waals surface area contributed by atoms with Gasteiger partial charge in [0.25, 0.3) is 0 Å². The van der Waals surface area contributed by atoms with Crippen molar-refractivity contribution in [2.75, 3.05) is 5.32 Å². The number of para-hydroxylation sites is 1. The maximum atomic E-state index is 6.71. The zero-order valence-corrected chi connectivity index (χ0v) is 27.5. The molecule has 47 heavy (non-hydrogen) atoms. The molecule has 0 fully saturated rings. The number of hydrogen-bond acceptors (Lipinski definition) is 2. The van der Waals surface area contributed by atoms with Gasteiger partial charge < -0.3 is 10.1 Å². The third-order valence-electron chi connectivity index (χ3n) is 11.2. The Balaban J connectivity index is 1.12. The molecule has 3 aliphatic rings. The maximum absolute atomic E-state index is 6.71. The van der Waals surface area contributed by atoms with E-state index in [0.29, 0.717) is 0 Å². The van der Waals surface area contributed by atoms with Gasteiger partial charge in [0.15, 0.2) is 0 Å². The summed E-state index contributed by atoms with van der Waals surface area (Å²) in [6.45, 7) is 9.56. The number of rotatable bonds is 3. The molecule has 0 unspecified atom stereocenters. The molecule has 2 aliphatic carbocycles. The first-order valence-electron chi connectivity index (χ1n) is 16.9. The van der Waals surface area contributed by atoms with E-state index < -0.39 is 5.41 Å². The standard InChI is InChI=1S/C45H39NO/c1-43(2)24-25-44(3,4)40-27-30(20-22-37(40)43)29-12-11-13-31(26-29)46-32-21-23-39-42(28-32)47-41-19-10-9-18-38(41)45(39)35-16-7-5-14-33(35)34-15-6-8-17-36(34)45/h5-23,26-28,46H,24-25H2,1-4H3. The highest BCUT2D eigenvalue weighted by molar-refractivity contribution is 5.89. The quantitative estimate of drug-likeness (QED) is 0.215. The van der Waals surface area contributed by atoms with E-state index in [9.17, 15) is 0 Å². The van der Waals surface area contributed by atoms with Gasteiger partial charge in [0.2, 0.25) is 0 Å². The van der Waals surface area contributed by atoms with Crippen molar-refractivity contribution in [3.8, 4) is 33.8 Å². The zero-order valence-electron chi connectivity index (χ0n) is 27.5. The van der Waals surface area contributed by atoms with Crippen LogP contribution in [-0.2, 0) is 16.2 Å². The minimum Gasteiger partial charge on any atom is -0.457 e. The number of ether oxygens (including phenoxy) is 1. The van der Waals surface area contributed by atoms with E-state index in [2.05, 4.69) is 166 Å². The van der Waals surface area contributed by atoms with Gasteiger partial charge in [0.1, 0.15) is 11.5 Å². The van der Waals surface area contributed by atoms with Gasteiger partial charge in [-0.15, -0.1) is 0 Å². The lowest BCUT2D eigenvalue weighted by molar-refractivity contribution is 0.332. The molecule has 1 N–H and O–H groups in total. The fourth-order valence-electron chi connectivity index (χ4n) is 8.65. The van der Waals surface area contributed by atoms with Gasteiger partial charge in [-0.25, -0.2) is 0 Å². The molecule has 0 atom stereocenters. The summed E-state index contributed by atoms with van der Waals surface area (Å²) >= 11 is 0. The van der Waals surface area contributed by atoms with Crippen LogP contribution in [0, 0.1) is 0 Å². The first kappa shape index (κ1) is 28.2. The predicted octanol–water partition coefficient (Wildman–Crippen LogP) is 11.9. The molecular formula is C45H39NO. The van der Waals surface area contributed by atoms with Crippen molar-refractivity contribution in [2.45, 2.75) is 56.8 Å². The monoisotopic (exact) mass is 609 g/mol. The molecule has 0 bridgehead atoms. The highest BCUT2D eigenvalue weighted by Gasteiger charge is 2.50. The van der Waals surface area contributed by atoms with Crippen molar-refractivity contribution in [3.63, 3.8) is 0 Å². The second-order valence-corrected chi connectivity index (χ2v) is 14.9. The molecule has 230 valence electrons. The highest BCUT2D eigenvalue weighted by atomic mass is 16.5. The van der Waals surface area contributed by atoms with E-state index in [0.717, 1.165) is 22.9 Å². The lowest BCUT2D eigenvalue weighted by Crippen LogP contribution is -2.33. The number of nitrogens with one attached hydrogen (secondary N) is 1. The molecule has 9 rings (SSSR count). The molecule has 0 radical (unpaired) electrons. The van der Waals surface area contributed by atoms with Crippen LogP contribution in [0.15, 0.2) is 133 Å². The van der Waals surface area contributed by atoms with E-state index in [1.807, 2.05) is 0 Å². The fourth-order valence-corrected chi connectivity index (χ4v) is 8.65. The predicted molar refractivity (Wildman–Crippen MR) is 194 cm³/mol. The normalized spacial score (nSPS) is 17.0. The van der Waals surface area contributed by atoms with E-state index in [1.54, 1.807) is 0 Å². The summed E-state index contributed by atoms with van der Waals surface area (Å²) in [5.74, 6) is 1.79. The minimum absolute atomic E-state index is 0.177. The second kappa shape index (κ2) is 9.96. The molecule has 6 aromatic rings. The Kier molecular flexibility index (Phi) is 5.97. The Morgan fingerprint density at radius 1 is 0.447 bits per heavy atom. The summed E-state index contributed by atoms with van der Waals surface area (Å²) in [6, 6.07) is 48.8. The SMILES string of the molecule is CC1(C)CCC(C)(C)c2cc(-c3cccc(Nc4ccc5c(c4)Oc4ccccc4C54c5ccccc5-c5ccccc54)c3)ccc21. The van der Waals surface area contributed by atoms with Gasteiger partial charge in [-0.1, -0.05) is 131 Å². The maximum Gasteiger partial charge on any atom is 0.134 e. The van der Waals surface area contributed by atoms with Crippen LogP contribution in [0.5, 0.6) is 11.5 Å². The Labute approximate surface area is 278 Å². The van der Waals surface area contributed by atoms with Crippen LogP contribution in [-0.4, -0.2) is 0 Å². The first-order valence-corrected chi connectivity index (χ1v) is 16.9. The summed E-state index contributed by atoms with van der Waals surface area (Å²) in [6.07, 6.45) is 2.43. The minimum atomic E-state index is -0.440. The molecule has 2 heteroatoms. The average Bonchev–Trinajstić information content (AvgIpc) is 3.38. The number of benzene rings is 6. The summed E-state index contributed by atoms with van der Waals surface area (Å²) < 4.78 is 6.71. The van der Waals surface area contributed by atoms with E-state index in [4.69, 9.17) is 4.74 Å². The molecule has 0 saturated heterocycles. The second-order valence-electron chi connectivity index (χ2n) is 14.9. The number of fused-ring (bicyclic) bond motifs is 10. The summed E-state index contributed by atoms with van der Waals surface area (Å²) in [7, 11) is 0. The first-order chi connectivity index (χ1) is 22.8.